The number of benzene rings is 1. The van der Waals surface area contributed by atoms with Gasteiger partial charge in [0.2, 0.25) is 0 Å². The summed E-state index contributed by atoms with van der Waals surface area (Å²) in [6, 6.07) is 6.22. The third-order valence-electron chi connectivity index (χ3n) is 3.80. The molecule has 0 bridgehead atoms. The number of nitrogens with two attached hydrogens (primary N) is 1. The van der Waals surface area contributed by atoms with Crippen LogP contribution >= 0.6 is 22.9 Å². The lowest BCUT2D eigenvalue weighted by Crippen LogP contribution is -2.11. The summed E-state index contributed by atoms with van der Waals surface area (Å²) >= 11 is 7.81. The highest BCUT2D eigenvalue weighted by Gasteiger charge is 2.33. The van der Waals surface area contributed by atoms with E-state index in [-0.39, 0.29) is 6.04 Å². The Morgan fingerprint density at radius 3 is 3.00 bits per heavy atom. The monoisotopic (exact) mass is 276 g/mol. The molecule has 0 aliphatic heterocycles. The highest BCUT2D eigenvalue weighted by atomic mass is 35.5. The molecule has 0 amide bonds. The molecule has 1 saturated carbocycles. The Balaban J connectivity index is 1.76. The summed E-state index contributed by atoms with van der Waals surface area (Å²) in [5.74, 6) is 0.668. The molecule has 92 valence electrons. The Labute approximate surface area is 115 Å². The Morgan fingerprint density at radius 1 is 1.39 bits per heavy atom. The third-order valence-corrected chi connectivity index (χ3v) is 5.19. The topological polar surface area (TPSA) is 38.9 Å². The van der Waals surface area contributed by atoms with Gasteiger partial charge < -0.3 is 5.73 Å². The molecular formula is C14H13ClN2S. The van der Waals surface area contributed by atoms with Crippen LogP contribution in [0, 0.1) is 5.92 Å². The fourth-order valence-electron chi connectivity index (χ4n) is 2.61. The van der Waals surface area contributed by atoms with Crippen molar-refractivity contribution in [2.45, 2.75) is 25.3 Å². The van der Waals surface area contributed by atoms with Gasteiger partial charge in [-0.25, -0.2) is 4.98 Å². The zero-order valence-electron chi connectivity index (χ0n) is 9.82. The van der Waals surface area contributed by atoms with Crippen LogP contribution in [-0.4, -0.2) is 4.98 Å². The molecule has 2 N–H and O–H groups in total. The molecule has 18 heavy (non-hydrogen) atoms. The van der Waals surface area contributed by atoms with Crippen molar-refractivity contribution in [2.75, 3.05) is 0 Å². The number of hydrogen-bond donors (Lipinski definition) is 1. The zero-order valence-corrected chi connectivity index (χ0v) is 11.4. The molecule has 0 saturated heterocycles. The lowest BCUT2D eigenvalue weighted by Gasteiger charge is -2.06. The second-order valence-electron chi connectivity index (χ2n) is 5.17. The van der Waals surface area contributed by atoms with Gasteiger partial charge in [-0.05, 0) is 36.5 Å². The van der Waals surface area contributed by atoms with Gasteiger partial charge >= 0.3 is 0 Å². The summed E-state index contributed by atoms with van der Waals surface area (Å²) in [6.07, 6.45) is 3.48. The molecule has 4 rings (SSSR count). The molecule has 2 aliphatic carbocycles. The largest absolute Gasteiger partial charge is 0.322 e. The van der Waals surface area contributed by atoms with Gasteiger partial charge in [0, 0.05) is 21.9 Å². The van der Waals surface area contributed by atoms with Crippen molar-refractivity contribution in [1.29, 1.82) is 0 Å². The lowest BCUT2D eigenvalue weighted by molar-refractivity contribution is 0.629. The second kappa shape index (κ2) is 3.80. The van der Waals surface area contributed by atoms with E-state index < -0.39 is 0 Å². The van der Waals surface area contributed by atoms with Crippen LogP contribution in [0.1, 0.15) is 34.3 Å². The van der Waals surface area contributed by atoms with Crippen LogP contribution in [0.5, 0.6) is 0 Å². The number of thiazole rings is 1. The van der Waals surface area contributed by atoms with E-state index in [1.807, 2.05) is 12.1 Å². The number of fused-ring (bicyclic) bond motifs is 3. The number of halogens is 1. The maximum Gasteiger partial charge on any atom is 0.111 e. The summed E-state index contributed by atoms with van der Waals surface area (Å²) in [7, 11) is 0. The van der Waals surface area contributed by atoms with Gasteiger partial charge in [-0.3, -0.25) is 0 Å². The van der Waals surface area contributed by atoms with Gasteiger partial charge in [0.15, 0.2) is 0 Å². The van der Waals surface area contributed by atoms with E-state index in [1.54, 1.807) is 11.3 Å². The highest BCUT2D eigenvalue weighted by Crippen LogP contribution is 2.45. The summed E-state index contributed by atoms with van der Waals surface area (Å²) in [5, 5.41) is 1.92. The van der Waals surface area contributed by atoms with Gasteiger partial charge in [-0.2, -0.15) is 0 Å². The van der Waals surface area contributed by atoms with Crippen LogP contribution in [0.2, 0.25) is 5.02 Å². The molecule has 1 unspecified atom stereocenters. The molecule has 1 aromatic carbocycles. The fraction of sp³-hybridized carbons (Fsp3) is 0.357. The Bertz CT molecular complexity index is 631. The van der Waals surface area contributed by atoms with Gasteiger partial charge in [0.1, 0.15) is 5.01 Å². The molecule has 2 aromatic rings. The Morgan fingerprint density at radius 2 is 2.22 bits per heavy atom. The summed E-state index contributed by atoms with van der Waals surface area (Å²) in [6.45, 7) is 0. The highest BCUT2D eigenvalue weighted by molar-refractivity contribution is 7.12. The summed E-state index contributed by atoms with van der Waals surface area (Å²) < 4.78 is 0. The Kier molecular flexibility index (Phi) is 2.31. The first-order valence-corrected chi connectivity index (χ1v) is 7.46. The minimum atomic E-state index is 0.149. The van der Waals surface area contributed by atoms with Crippen molar-refractivity contribution in [3.05, 3.63) is 38.7 Å². The van der Waals surface area contributed by atoms with Gasteiger partial charge in [0.05, 0.1) is 11.7 Å². The van der Waals surface area contributed by atoms with Crippen molar-refractivity contribution in [2.24, 2.45) is 11.7 Å². The first kappa shape index (κ1) is 11.0. The maximum atomic E-state index is 6.23. The molecule has 2 nitrogen and oxygen atoms in total. The van der Waals surface area contributed by atoms with E-state index in [1.165, 1.54) is 28.8 Å². The van der Waals surface area contributed by atoms with Crippen LogP contribution in [0.25, 0.3) is 11.3 Å². The minimum absolute atomic E-state index is 0.149. The van der Waals surface area contributed by atoms with E-state index in [4.69, 9.17) is 22.3 Å². The molecule has 1 heterocycles. The SMILES string of the molecule is NC(c1nc2c(s1)Cc1cc(Cl)ccc1-2)C1CC1. The maximum absolute atomic E-state index is 6.23. The number of aromatic nitrogens is 1. The Hall–Kier alpha value is -0.900. The fourth-order valence-corrected chi connectivity index (χ4v) is 4.00. The van der Waals surface area contributed by atoms with Crippen LogP contribution in [0.3, 0.4) is 0 Å². The number of rotatable bonds is 2. The molecule has 1 aromatic heterocycles. The molecule has 1 atom stereocenters. The average molecular weight is 277 g/mol. The van der Waals surface area contributed by atoms with E-state index in [0.29, 0.717) is 5.92 Å². The van der Waals surface area contributed by atoms with Crippen molar-refractivity contribution in [3.8, 4) is 11.3 Å². The summed E-state index contributed by atoms with van der Waals surface area (Å²) in [4.78, 5) is 6.12. The molecule has 4 heteroatoms. The number of hydrogen-bond acceptors (Lipinski definition) is 3. The van der Waals surface area contributed by atoms with Crippen LogP contribution in [0.4, 0.5) is 0 Å². The molecule has 0 spiro atoms. The lowest BCUT2D eigenvalue weighted by atomic mass is 10.1. The third kappa shape index (κ3) is 1.62. The summed E-state index contributed by atoms with van der Waals surface area (Å²) in [5.41, 5.74) is 9.90. The first-order valence-electron chi connectivity index (χ1n) is 6.26. The standard InChI is InChI=1S/C14H13ClN2S/c15-9-3-4-10-8(5-9)6-11-13(10)17-14(18-11)12(16)7-1-2-7/h3-5,7,12H,1-2,6,16H2. The van der Waals surface area contributed by atoms with E-state index >= 15 is 0 Å². The molecule has 2 aliphatic rings. The van der Waals surface area contributed by atoms with Crippen molar-refractivity contribution in [3.63, 3.8) is 0 Å². The predicted molar refractivity (Wildman–Crippen MR) is 75.0 cm³/mol. The first-order chi connectivity index (χ1) is 8.72. The quantitative estimate of drug-likeness (QED) is 0.774. The van der Waals surface area contributed by atoms with Gasteiger partial charge in [0.25, 0.3) is 0 Å². The number of nitrogens with zero attached hydrogens (tertiary/aromatic N) is 1. The second-order valence-corrected chi connectivity index (χ2v) is 6.72. The zero-order chi connectivity index (χ0) is 12.3. The molecule has 0 radical (unpaired) electrons. The van der Waals surface area contributed by atoms with Crippen LogP contribution in [0.15, 0.2) is 18.2 Å². The van der Waals surface area contributed by atoms with Crippen LogP contribution in [-0.2, 0) is 6.42 Å². The van der Waals surface area contributed by atoms with Gasteiger partial charge in [-0.1, -0.05) is 17.7 Å². The van der Waals surface area contributed by atoms with Crippen molar-refractivity contribution >= 4 is 22.9 Å². The van der Waals surface area contributed by atoms with E-state index in [0.717, 1.165) is 22.1 Å². The molecule has 1 fully saturated rings. The normalized spacial score (nSPS) is 18.6. The average Bonchev–Trinajstić information content (AvgIpc) is 3.02. The van der Waals surface area contributed by atoms with Crippen molar-refractivity contribution in [1.82, 2.24) is 4.98 Å². The predicted octanol–water partition coefficient (Wildman–Crippen LogP) is 3.78. The van der Waals surface area contributed by atoms with Gasteiger partial charge in [-0.15, -0.1) is 11.3 Å². The van der Waals surface area contributed by atoms with Crippen molar-refractivity contribution < 1.29 is 0 Å². The van der Waals surface area contributed by atoms with Crippen LogP contribution < -0.4 is 5.73 Å². The van der Waals surface area contributed by atoms with E-state index in [2.05, 4.69) is 6.07 Å². The molecular weight excluding hydrogens is 264 g/mol. The minimum Gasteiger partial charge on any atom is -0.322 e. The van der Waals surface area contributed by atoms with E-state index in [9.17, 15) is 0 Å². The smallest absolute Gasteiger partial charge is 0.111 e.